The minimum atomic E-state index is -0.204. The van der Waals surface area contributed by atoms with Gasteiger partial charge in [-0.2, -0.15) is 0 Å². The predicted molar refractivity (Wildman–Crippen MR) is 53.2 cm³/mol. The fourth-order valence-electron chi connectivity index (χ4n) is 1.75. The Bertz CT molecular complexity index is 211. The largest absolute Gasteiger partial charge is 0.338 e. The highest BCUT2D eigenvalue weighted by Gasteiger charge is 2.40. The summed E-state index contributed by atoms with van der Waals surface area (Å²) < 4.78 is 0. The fourth-order valence-corrected chi connectivity index (χ4v) is 1.75. The van der Waals surface area contributed by atoms with E-state index in [1.165, 1.54) is 0 Å². The van der Waals surface area contributed by atoms with E-state index in [-0.39, 0.29) is 23.4 Å². The van der Waals surface area contributed by atoms with Crippen molar-refractivity contribution in [2.75, 3.05) is 6.54 Å². The standard InChI is InChI=1S/C10H20N2O/c1-7(2)9(13)12-6-5-10(4,11)8(12)3/h7-8H,5-6,11H2,1-4H3. The number of carbonyl (C=O) groups is 1. The first-order chi connectivity index (χ1) is 5.86. The van der Waals surface area contributed by atoms with Gasteiger partial charge in [0.1, 0.15) is 0 Å². The van der Waals surface area contributed by atoms with Crippen molar-refractivity contribution in [3.63, 3.8) is 0 Å². The van der Waals surface area contributed by atoms with Crippen LogP contribution in [-0.2, 0) is 4.79 Å². The average Bonchev–Trinajstić information content (AvgIpc) is 2.27. The Kier molecular flexibility index (Phi) is 2.66. The van der Waals surface area contributed by atoms with Crippen LogP contribution in [0.1, 0.15) is 34.1 Å². The predicted octanol–water partition coefficient (Wildman–Crippen LogP) is 0.981. The minimum Gasteiger partial charge on any atom is -0.338 e. The summed E-state index contributed by atoms with van der Waals surface area (Å²) in [5, 5.41) is 0. The van der Waals surface area contributed by atoms with Gasteiger partial charge in [-0.25, -0.2) is 0 Å². The molecule has 0 bridgehead atoms. The molecule has 2 N–H and O–H groups in total. The molecule has 1 amide bonds. The number of amides is 1. The third-order valence-electron chi connectivity index (χ3n) is 3.09. The highest BCUT2D eigenvalue weighted by molar-refractivity contribution is 5.79. The fraction of sp³-hybridized carbons (Fsp3) is 0.900. The molecule has 0 aliphatic carbocycles. The molecule has 2 atom stereocenters. The molecule has 0 spiro atoms. The van der Waals surface area contributed by atoms with E-state index < -0.39 is 0 Å². The molecule has 3 heteroatoms. The van der Waals surface area contributed by atoms with Crippen molar-refractivity contribution in [1.29, 1.82) is 0 Å². The number of nitrogens with zero attached hydrogens (tertiary/aromatic N) is 1. The Morgan fingerprint density at radius 1 is 1.62 bits per heavy atom. The summed E-state index contributed by atoms with van der Waals surface area (Å²) in [4.78, 5) is 13.6. The monoisotopic (exact) mass is 184 g/mol. The zero-order valence-corrected chi connectivity index (χ0v) is 9.00. The highest BCUT2D eigenvalue weighted by atomic mass is 16.2. The zero-order chi connectivity index (χ0) is 10.2. The highest BCUT2D eigenvalue weighted by Crippen LogP contribution is 2.26. The van der Waals surface area contributed by atoms with Crippen molar-refractivity contribution >= 4 is 5.91 Å². The van der Waals surface area contributed by atoms with E-state index >= 15 is 0 Å². The molecule has 1 aliphatic heterocycles. The van der Waals surface area contributed by atoms with Crippen LogP contribution in [0, 0.1) is 5.92 Å². The summed E-state index contributed by atoms with van der Waals surface area (Å²) in [7, 11) is 0. The molecule has 0 saturated carbocycles. The number of carbonyl (C=O) groups excluding carboxylic acids is 1. The third-order valence-corrected chi connectivity index (χ3v) is 3.09. The van der Waals surface area contributed by atoms with Gasteiger partial charge in [0.15, 0.2) is 0 Å². The lowest BCUT2D eigenvalue weighted by Gasteiger charge is -2.30. The molecule has 0 radical (unpaired) electrons. The molecule has 1 heterocycles. The van der Waals surface area contributed by atoms with Crippen LogP contribution in [0.4, 0.5) is 0 Å². The van der Waals surface area contributed by atoms with E-state index in [0.717, 1.165) is 13.0 Å². The summed E-state index contributed by atoms with van der Waals surface area (Å²) in [5.41, 5.74) is 5.85. The van der Waals surface area contributed by atoms with Gasteiger partial charge in [-0.15, -0.1) is 0 Å². The topological polar surface area (TPSA) is 46.3 Å². The first kappa shape index (κ1) is 10.5. The lowest BCUT2D eigenvalue weighted by Crippen LogP contribution is -2.49. The summed E-state index contributed by atoms with van der Waals surface area (Å²) in [6.45, 7) is 8.73. The van der Waals surface area contributed by atoms with Crippen molar-refractivity contribution in [2.24, 2.45) is 11.7 Å². The van der Waals surface area contributed by atoms with Crippen LogP contribution in [0.3, 0.4) is 0 Å². The smallest absolute Gasteiger partial charge is 0.225 e. The van der Waals surface area contributed by atoms with Crippen LogP contribution in [-0.4, -0.2) is 28.9 Å². The molecular weight excluding hydrogens is 164 g/mol. The molecule has 0 aromatic heterocycles. The maximum Gasteiger partial charge on any atom is 0.225 e. The van der Waals surface area contributed by atoms with Gasteiger partial charge in [-0.05, 0) is 20.3 Å². The molecule has 3 nitrogen and oxygen atoms in total. The lowest BCUT2D eigenvalue weighted by molar-refractivity contribution is -0.135. The zero-order valence-electron chi connectivity index (χ0n) is 9.00. The molecule has 0 aromatic rings. The lowest BCUT2D eigenvalue weighted by atomic mass is 9.95. The summed E-state index contributed by atoms with van der Waals surface area (Å²) in [6.07, 6.45) is 0.909. The van der Waals surface area contributed by atoms with Crippen molar-refractivity contribution < 1.29 is 4.79 Å². The van der Waals surface area contributed by atoms with Crippen LogP contribution < -0.4 is 5.73 Å². The number of hydrogen-bond acceptors (Lipinski definition) is 2. The van der Waals surface area contributed by atoms with Gasteiger partial charge >= 0.3 is 0 Å². The van der Waals surface area contributed by atoms with E-state index in [4.69, 9.17) is 5.73 Å². The second-order valence-electron chi connectivity index (χ2n) is 4.62. The van der Waals surface area contributed by atoms with Crippen LogP contribution in [0.15, 0.2) is 0 Å². The van der Waals surface area contributed by atoms with E-state index in [0.29, 0.717) is 0 Å². The molecule has 0 aromatic carbocycles. The average molecular weight is 184 g/mol. The SMILES string of the molecule is CC(C)C(=O)N1CCC(C)(N)C1C. The Morgan fingerprint density at radius 2 is 2.15 bits per heavy atom. The molecule has 1 rings (SSSR count). The van der Waals surface area contributed by atoms with E-state index in [2.05, 4.69) is 0 Å². The quantitative estimate of drug-likeness (QED) is 0.660. The van der Waals surface area contributed by atoms with Gasteiger partial charge in [-0.3, -0.25) is 4.79 Å². The normalized spacial score (nSPS) is 34.3. The number of hydrogen-bond donors (Lipinski definition) is 1. The van der Waals surface area contributed by atoms with Crippen molar-refractivity contribution in [3.05, 3.63) is 0 Å². The van der Waals surface area contributed by atoms with Gasteiger partial charge in [0.05, 0.1) is 0 Å². The molecule has 76 valence electrons. The Hall–Kier alpha value is -0.570. The van der Waals surface area contributed by atoms with E-state index in [1.54, 1.807) is 0 Å². The van der Waals surface area contributed by atoms with Gasteiger partial charge in [0.2, 0.25) is 5.91 Å². The Labute approximate surface area is 80.3 Å². The molecular formula is C10H20N2O. The second-order valence-corrected chi connectivity index (χ2v) is 4.62. The van der Waals surface area contributed by atoms with Crippen LogP contribution in [0.5, 0.6) is 0 Å². The van der Waals surface area contributed by atoms with Crippen molar-refractivity contribution in [1.82, 2.24) is 4.90 Å². The van der Waals surface area contributed by atoms with Crippen LogP contribution >= 0.6 is 0 Å². The van der Waals surface area contributed by atoms with Crippen LogP contribution in [0.25, 0.3) is 0 Å². The van der Waals surface area contributed by atoms with Gasteiger partial charge in [0, 0.05) is 24.0 Å². The summed E-state index contributed by atoms with van der Waals surface area (Å²) in [5.74, 6) is 0.304. The molecule has 1 fully saturated rings. The van der Waals surface area contributed by atoms with E-state index in [1.807, 2.05) is 32.6 Å². The third kappa shape index (κ3) is 1.85. The maximum absolute atomic E-state index is 11.7. The first-order valence-electron chi connectivity index (χ1n) is 4.95. The number of rotatable bonds is 1. The second kappa shape index (κ2) is 3.29. The van der Waals surface area contributed by atoms with Crippen molar-refractivity contribution in [2.45, 2.75) is 45.7 Å². The molecule has 1 aliphatic rings. The Balaban J connectivity index is 2.71. The van der Waals surface area contributed by atoms with E-state index in [9.17, 15) is 4.79 Å². The van der Waals surface area contributed by atoms with Crippen molar-refractivity contribution in [3.8, 4) is 0 Å². The first-order valence-corrected chi connectivity index (χ1v) is 4.95. The summed E-state index contributed by atoms with van der Waals surface area (Å²) in [6, 6.07) is 0.169. The summed E-state index contributed by atoms with van der Waals surface area (Å²) >= 11 is 0. The Morgan fingerprint density at radius 3 is 2.46 bits per heavy atom. The maximum atomic E-state index is 11.7. The minimum absolute atomic E-state index is 0.0800. The van der Waals surface area contributed by atoms with Gasteiger partial charge in [-0.1, -0.05) is 13.8 Å². The number of nitrogens with two attached hydrogens (primary N) is 1. The van der Waals surface area contributed by atoms with Gasteiger partial charge < -0.3 is 10.6 Å². The van der Waals surface area contributed by atoms with Crippen LogP contribution in [0.2, 0.25) is 0 Å². The van der Waals surface area contributed by atoms with Gasteiger partial charge in [0.25, 0.3) is 0 Å². The number of likely N-dealkylation sites (tertiary alicyclic amines) is 1. The molecule has 13 heavy (non-hydrogen) atoms. The molecule has 1 saturated heterocycles. The molecule has 2 unspecified atom stereocenters.